The molecule has 0 aliphatic heterocycles. The molecule has 0 saturated carbocycles. The fourth-order valence-electron chi connectivity index (χ4n) is 2.08. The monoisotopic (exact) mass is 266 g/mol. The topological polar surface area (TPSA) is 52.8 Å². The van der Waals surface area contributed by atoms with Crippen LogP contribution in [-0.2, 0) is 13.0 Å². The highest BCUT2D eigenvalue weighted by atomic mass is 15.1. The molecule has 1 heterocycles. The fourth-order valence-corrected chi connectivity index (χ4v) is 2.08. The molecule has 0 amide bonds. The number of benzene rings is 1. The van der Waals surface area contributed by atoms with Crippen LogP contribution in [0.4, 0.5) is 0 Å². The van der Waals surface area contributed by atoms with Crippen LogP contribution in [0.2, 0.25) is 0 Å². The average molecular weight is 266 g/mol. The Morgan fingerprint density at radius 1 is 1.35 bits per heavy atom. The minimum absolute atomic E-state index is 0.359. The summed E-state index contributed by atoms with van der Waals surface area (Å²) in [6.07, 6.45) is 6.08. The predicted octanol–water partition coefficient (Wildman–Crippen LogP) is 2.41. The van der Waals surface area contributed by atoms with Gasteiger partial charge in [0.25, 0.3) is 0 Å². The first-order valence-corrected chi connectivity index (χ1v) is 6.63. The third-order valence-corrected chi connectivity index (χ3v) is 3.36. The van der Waals surface area contributed by atoms with E-state index in [0.717, 1.165) is 24.2 Å². The number of aromatic nitrogens is 2. The van der Waals surface area contributed by atoms with Crippen molar-refractivity contribution >= 4 is 0 Å². The van der Waals surface area contributed by atoms with Crippen molar-refractivity contribution in [2.75, 3.05) is 7.05 Å². The SMILES string of the molecule is C[C@@H](Cc1cnccn1)N(C)Cc1cccc(C#N)c1. The van der Waals surface area contributed by atoms with Crippen molar-refractivity contribution in [2.24, 2.45) is 0 Å². The summed E-state index contributed by atoms with van der Waals surface area (Å²) >= 11 is 0. The molecule has 0 unspecified atom stereocenters. The molecule has 4 heteroatoms. The lowest BCUT2D eigenvalue weighted by Gasteiger charge is -2.24. The normalized spacial score (nSPS) is 12.1. The lowest BCUT2D eigenvalue weighted by atomic mass is 10.1. The van der Waals surface area contributed by atoms with Crippen LogP contribution in [0.15, 0.2) is 42.9 Å². The molecule has 0 saturated heterocycles. The second-order valence-corrected chi connectivity index (χ2v) is 4.98. The van der Waals surface area contributed by atoms with Crippen molar-refractivity contribution in [1.29, 1.82) is 5.26 Å². The fraction of sp³-hybridized carbons (Fsp3) is 0.312. The first-order valence-electron chi connectivity index (χ1n) is 6.63. The van der Waals surface area contributed by atoms with E-state index in [-0.39, 0.29) is 0 Å². The summed E-state index contributed by atoms with van der Waals surface area (Å²) in [7, 11) is 2.08. The van der Waals surface area contributed by atoms with Crippen molar-refractivity contribution in [1.82, 2.24) is 14.9 Å². The number of hydrogen-bond acceptors (Lipinski definition) is 4. The second kappa shape index (κ2) is 6.78. The molecule has 2 aromatic rings. The Bertz CT molecular complexity index is 589. The van der Waals surface area contributed by atoms with E-state index in [1.807, 2.05) is 24.3 Å². The third kappa shape index (κ3) is 3.87. The van der Waals surface area contributed by atoms with Crippen molar-refractivity contribution in [3.05, 3.63) is 59.7 Å². The molecule has 102 valence electrons. The van der Waals surface area contributed by atoms with E-state index < -0.39 is 0 Å². The van der Waals surface area contributed by atoms with Crippen LogP contribution in [0.3, 0.4) is 0 Å². The summed E-state index contributed by atoms with van der Waals surface area (Å²) < 4.78 is 0. The molecule has 1 aromatic heterocycles. The summed E-state index contributed by atoms with van der Waals surface area (Å²) in [5, 5.41) is 8.92. The van der Waals surface area contributed by atoms with Gasteiger partial charge in [-0.05, 0) is 31.7 Å². The van der Waals surface area contributed by atoms with Gasteiger partial charge < -0.3 is 0 Å². The Kier molecular flexibility index (Phi) is 4.80. The number of nitriles is 1. The molecule has 1 atom stereocenters. The van der Waals surface area contributed by atoms with Crippen LogP contribution in [0.25, 0.3) is 0 Å². The van der Waals surface area contributed by atoms with E-state index in [0.29, 0.717) is 11.6 Å². The molecule has 0 aliphatic rings. The molecule has 0 spiro atoms. The lowest BCUT2D eigenvalue weighted by molar-refractivity contribution is 0.246. The highest BCUT2D eigenvalue weighted by Gasteiger charge is 2.11. The number of nitrogens with zero attached hydrogens (tertiary/aromatic N) is 4. The Hall–Kier alpha value is -2.25. The molecule has 0 aliphatic carbocycles. The Morgan fingerprint density at radius 2 is 2.20 bits per heavy atom. The van der Waals surface area contributed by atoms with Gasteiger partial charge >= 0.3 is 0 Å². The van der Waals surface area contributed by atoms with Gasteiger partial charge in [-0.1, -0.05) is 12.1 Å². The molecule has 0 fully saturated rings. The standard InChI is InChI=1S/C16H18N4/c1-13(8-16-11-18-6-7-19-16)20(2)12-15-5-3-4-14(9-15)10-17/h3-7,9,11,13H,8,12H2,1-2H3/t13-/m0/s1. The van der Waals surface area contributed by atoms with Crippen molar-refractivity contribution in [3.8, 4) is 6.07 Å². The lowest BCUT2D eigenvalue weighted by Crippen LogP contribution is -2.30. The Balaban J connectivity index is 1.97. The average Bonchev–Trinajstić information content (AvgIpc) is 2.48. The predicted molar refractivity (Wildman–Crippen MR) is 77.8 cm³/mol. The van der Waals surface area contributed by atoms with Crippen LogP contribution in [0.1, 0.15) is 23.7 Å². The van der Waals surface area contributed by atoms with Crippen LogP contribution in [0.5, 0.6) is 0 Å². The number of rotatable bonds is 5. The van der Waals surface area contributed by atoms with Gasteiger partial charge in [0.05, 0.1) is 17.3 Å². The Labute approximate surface area is 119 Å². The van der Waals surface area contributed by atoms with Crippen molar-refractivity contribution in [2.45, 2.75) is 25.9 Å². The van der Waals surface area contributed by atoms with Gasteiger partial charge in [0.1, 0.15) is 0 Å². The van der Waals surface area contributed by atoms with Crippen LogP contribution < -0.4 is 0 Å². The second-order valence-electron chi connectivity index (χ2n) is 4.98. The molecule has 20 heavy (non-hydrogen) atoms. The summed E-state index contributed by atoms with van der Waals surface area (Å²) in [5.74, 6) is 0. The van der Waals surface area contributed by atoms with Gasteiger partial charge in [0.15, 0.2) is 0 Å². The van der Waals surface area contributed by atoms with E-state index in [1.54, 1.807) is 18.6 Å². The third-order valence-electron chi connectivity index (χ3n) is 3.36. The van der Waals surface area contributed by atoms with Gasteiger partial charge in [-0.15, -0.1) is 0 Å². The minimum Gasteiger partial charge on any atom is -0.299 e. The van der Waals surface area contributed by atoms with E-state index >= 15 is 0 Å². The summed E-state index contributed by atoms with van der Waals surface area (Å²) in [4.78, 5) is 10.6. The van der Waals surface area contributed by atoms with Gasteiger partial charge in [-0.25, -0.2) is 0 Å². The van der Waals surface area contributed by atoms with E-state index in [4.69, 9.17) is 5.26 Å². The van der Waals surface area contributed by atoms with Gasteiger partial charge in [-0.3, -0.25) is 14.9 Å². The molecule has 1 aromatic carbocycles. The van der Waals surface area contributed by atoms with Gasteiger partial charge in [0.2, 0.25) is 0 Å². The molecule has 2 rings (SSSR count). The summed E-state index contributed by atoms with van der Waals surface area (Å²) in [5.41, 5.74) is 2.85. The summed E-state index contributed by atoms with van der Waals surface area (Å²) in [6.45, 7) is 2.99. The largest absolute Gasteiger partial charge is 0.299 e. The Morgan fingerprint density at radius 3 is 2.90 bits per heavy atom. The number of hydrogen-bond donors (Lipinski definition) is 0. The first kappa shape index (κ1) is 14.2. The summed E-state index contributed by atoms with van der Waals surface area (Å²) in [6, 6.07) is 10.3. The van der Waals surface area contributed by atoms with Crippen molar-refractivity contribution < 1.29 is 0 Å². The highest BCUT2D eigenvalue weighted by Crippen LogP contribution is 2.11. The molecule has 4 nitrogen and oxygen atoms in total. The molecule has 0 radical (unpaired) electrons. The van der Waals surface area contributed by atoms with E-state index in [9.17, 15) is 0 Å². The van der Waals surface area contributed by atoms with Gasteiger partial charge in [-0.2, -0.15) is 5.26 Å². The van der Waals surface area contributed by atoms with E-state index in [2.05, 4.69) is 34.9 Å². The maximum Gasteiger partial charge on any atom is 0.0991 e. The molecular weight excluding hydrogens is 248 g/mol. The quantitative estimate of drug-likeness (QED) is 0.834. The molecule has 0 N–H and O–H groups in total. The molecule has 0 bridgehead atoms. The molecular formula is C16H18N4. The van der Waals surface area contributed by atoms with Crippen LogP contribution in [-0.4, -0.2) is 28.0 Å². The van der Waals surface area contributed by atoms with Crippen molar-refractivity contribution in [3.63, 3.8) is 0 Å². The highest BCUT2D eigenvalue weighted by molar-refractivity contribution is 5.32. The maximum absolute atomic E-state index is 8.92. The van der Waals surface area contributed by atoms with E-state index in [1.165, 1.54) is 0 Å². The van der Waals surface area contributed by atoms with Gasteiger partial charge in [0, 0.05) is 37.6 Å². The van der Waals surface area contributed by atoms with Crippen LogP contribution in [0, 0.1) is 11.3 Å². The smallest absolute Gasteiger partial charge is 0.0991 e. The van der Waals surface area contributed by atoms with Crippen LogP contribution >= 0.6 is 0 Å². The zero-order valence-corrected chi connectivity index (χ0v) is 11.8. The zero-order chi connectivity index (χ0) is 14.4. The minimum atomic E-state index is 0.359. The zero-order valence-electron chi connectivity index (χ0n) is 11.8. The number of likely N-dealkylation sites (N-methyl/N-ethyl adjacent to an activating group) is 1. The maximum atomic E-state index is 8.92. The first-order chi connectivity index (χ1) is 9.69.